The summed E-state index contributed by atoms with van der Waals surface area (Å²) in [4.78, 5) is 29.8. The fourth-order valence-electron chi connectivity index (χ4n) is 4.87. The lowest BCUT2D eigenvalue weighted by Gasteiger charge is -2.34. The third kappa shape index (κ3) is 8.57. The number of carbonyl (C=O) groups is 2. The van der Waals surface area contributed by atoms with E-state index < -0.39 is 28.5 Å². The summed E-state index contributed by atoms with van der Waals surface area (Å²) < 4.78 is 30.3. The van der Waals surface area contributed by atoms with Crippen molar-refractivity contribution in [1.82, 2.24) is 10.2 Å². The van der Waals surface area contributed by atoms with E-state index in [0.29, 0.717) is 5.69 Å². The van der Waals surface area contributed by atoms with E-state index in [9.17, 15) is 18.0 Å². The van der Waals surface area contributed by atoms with E-state index in [1.54, 1.807) is 42.5 Å². The zero-order valence-electron chi connectivity index (χ0n) is 25.4. The van der Waals surface area contributed by atoms with Gasteiger partial charge in [-0.25, -0.2) is 8.42 Å². The molecule has 1 N–H and O–H groups in total. The number of aryl methyl sites for hydroxylation is 2. The smallest absolute Gasteiger partial charge is 0.264 e. The summed E-state index contributed by atoms with van der Waals surface area (Å²) in [6.45, 7) is 7.11. The second-order valence-corrected chi connectivity index (χ2v) is 14.0. The molecule has 0 saturated carbocycles. The standard InChI is InChI=1S/C35H38BrN3O4S/c1-25(2)37-35(41)33(22-28-10-6-5-7-11-28)38(23-29-15-17-30(36)18-16-29)34(40)24-39(31-12-8-9-27(4)21-31)44(42,43)32-19-13-26(3)14-20-32/h5-21,25,33H,22-24H2,1-4H3,(H,37,41). The van der Waals surface area contributed by atoms with Gasteiger partial charge in [0.15, 0.2) is 0 Å². The SMILES string of the molecule is Cc1ccc(S(=O)(=O)N(CC(=O)N(Cc2ccc(Br)cc2)C(Cc2ccccc2)C(=O)NC(C)C)c2cccc(C)c2)cc1. The maximum absolute atomic E-state index is 14.5. The Morgan fingerprint density at radius 1 is 0.795 bits per heavy atom. The molecule has 2 amide bonds. The topological polar surface area (TPSA) is 86.8 Å². The normalized spacial score (nSPS) is 12.0. The fourth-order valence-corrected chi connectivity index (χ4v) is 6.54. The number of benzene rings is 4. The van der Waals surface area contributed by atoms with Crippen molar-refractivity contribution in [1.29, 1.82) is 0 Å². The molecule has 4 aromatic carbocycles. The quantitative estimate of drug-likeness (QED) is 0.188. The largest absolute Gasteiger partial charge is 0.352 e. The van der Waals surface area contributed by atoms with Gasteiger partial charge in [0.1, 0.15) is 12.6 Å². The molecule has 0 aromatic heterocycles. The summed E-state index contributed by atoms with van der Waals surface area (Å²) in [5.74, 6) is -0.803. The Labute approximate surface area is 269 Å². The van der Waals surface area contributed by atoms with Crippen molar-refractivity contribution in [2.24, 2.45) is 0 Å². The Bertz CT molecular complexity index is 1680. The van der Waals surface area contributed by atoms with Crippen molar-refractivity contribution in [2.75, 3.05) is 10.8 Å². The number of hydrogen-bond donors (Lipinski definition) is 1. The van der Waals surface area contributed by atoms with Crippen LogP contribution in [0.4, 0.5) is 5.69 Å². The number of hydrogen-bond acceptors (Lipinski definition) is 4. The second-order valence-electron chi connectivity index (χ2n) is 11.2. The number of nitrogens with zero attached hydrogens (tertiary/aromatic N) is 2. The first-order valence-electron chi connectivity index (χ1n) is 14.5. The molecule has 0 radical (unpaired) electrons. The third-order valence-electron chi connectivity index (χ3n) is 7.15. The number of carbonyl (C=O) groups excluding carboxylic acids is 2. The van der Waals surface area contributed by atoms with E-state index >= 15 is 0 Å². The third-order valence-corrected chi connectivity index (χ3v) is 9.46. The number of amides is 2. The van der Waals surface area contributed by atoms with Crippen LogP contribution in [-0.2, 0) is 32.6 Å². The average Bonchev–Trinajstić information content (AvgIpc) is 2.98. The Morgan fingerprint density at radius 2 is 1.45 bits per heavy atom. The summed E-state index contributed by atoms with van der Waals surface area (Å²) in [6, 6.07) is 29.6. The molecule has 0 aliphatic carbocycles. The highest BCUT2D eigenvalue weighted by Crippen LogP contribution is 2.26. The number of nitrogens with one attached hydrogen (secondary N) is 1. The maximum Gasteiger partial charge on any atom is 0.264 e. The van der Waals surface area contributed by atoms with Crippen LogP contribution in [-0.4, -0.2) is 43.8 Å². The molecule has 1 atom stereocenters. The number of halogens is 1. The van der Waals surface area contributed by atoms with E-state index in [-0.39, 0.29) is 29.8 Å². The molecule has 44 heavy (non-hydrogen) atoms. The van der Waals surface area contributed by atoms with Crippen LogP contribution in [0.2, 0.25) is 0 Å². The van der Waals surface area contributed by atoms with E-state index in [1.807, 2.05) is 88.4 Å². The van der Waals surface area contributed by atoms with Gasteiger partial charge in [-0.2, -0.15) is 0 Å². The predicted octanol–water partition coefficient (Wildman–Crippen LogP) is 6.43. The summed E-state index contributed by atoms with van der Waals surface area (Å²) in [5.41, 5.74) is 3.83. The first kappa shape index (κ1) is 33.0. The van der Waals surface area contributed by atoms with Crippen molar-refractivity contribution >= 4 is 43.5 Å². The van der Waals surface area contributed by atoms with Gasteiger partial charge in [0.2, 0.25) is 11.8 Å². The number of rotatable bonds is 12. The van der Waals surface area contributed by atoms with Crippen molar-refractivity contribution in [3.05, 3.63) is 130 Å². The lowest BCUT2D eigenvalue weighted by molar-refractivity contribution is -0.140. The van der Waals surface area contributed by atoms with E-state index in [2.05, 4.69) is 21.2 Å². The Morgan fingerprint density at radius 3 is 2.07 bits per heavy atom. The average molecular weight is 677 g/mol. The van der Waals surface area contributed by atoms with Crippen LogP contribution in [0, 0.1) is 13.8 Å². The lowest BCUT2D eigenvalue weighted by Crippen LogP contribution is -2.54. The van der Waals surface area contributed by atoms with E-state index in [0.717, 1.165) is 31.0 Å². The van der Waals surface area contributed by atoms with Crippen LogP contribution in [0.3, 0.4) is 0 Å². The fraction of sp³-hybridized carbons (Fsp3) is 0.257. The molecule has 7 nitrogen and oxygen atoms in total. The van der Waals surface area contributed by atoms with Gasteiger partial charge in [-0.3, -0.25) is 13.9 Å². The molecule has 0 spiro atoms. The summed E-state index contributed by atoms with van der Waals surface area (Å²) >= 11 is 3.46. The zero-order valence-corrected chi connectivity index (χ0v) is 27.8. The Balaban J connectivity index is 1.80. The monoisotopic (exact) mass is 675 g/mol. The first-order chi connectivity index (χ1) is 20.9. The van der Waals surface area contributed by atoms with Crippen molar-refractivity contribution in [3.63, 3.8) is 0 Å². The van der Waals surface area contributed by atoms with Crippen LogP contribution < -0.4 is 9.62 Å². The molecule has 1 unspecified atom stereocenters. The Kier molecular flexibility index (Phi) is 11.0. The highest BCUT2D eigenvalue weighted by atomic mass is 79.9. The Hall–Kier alpha value is -3.95. The minimum Gasteiger partial charge on any atom is -0.352 e. The molecule has 0 bridgehead atoms. The van der Waals surface area contributed by atoms with Crippen molar-refractivity contribution < 1.29 is 18.0 Å². The first-order valence-corrected chi connectivity index (χ1v) is 16.7. The van der Waals surface area contributed by atoms with Gasteiger partial charge in [-0.15, -0.1) is 0 Å². The molecule has 0 fully saturated rings. The van der Waals surface area contributed by atoms with Crippen molar-refractivity contribution in [3.8, 4) is 0 Å². The second kappa shape index (κ2) is 14.7. The van der Waals surface area contributed by atoms with Gasteiger partial charge >= 0.3 is 0 Å². The summed E-state index contributed by atoms with van der Waals surface area (Å²) in [7, 11) is -4.14. The molecule has 0 saturated heterocycles. The van der Waals surface area contributed by atoms with Gasteiger partial charge in [-0.05, 0) is 80.8 Å². The molecule has 4 aromatic rings. The van der Waals surface area contributed by atoms with Crippen LogP contribution in [0.25, 0.3) is 0 Å². The van der Waals surface area contributed by atoms with Gasteiger partial charge < -0.3 is 10.2 Å². The van der Waals surface area contributed by atoms with Crippen LogP contribution >= 0.6 is 15.9 Å². The van der Waals surface area contributed by atoms with E-state index in [4.69, 9.17) is 0 Å². The van der Waals surface area contributed by atoms with Gasteiger partial charge in [0, 0.05) is 23.5 Å². The van der Waals surface area contributed by atoms with Crippen LogP contribution in [0.15, 0.2) is 112 Å². The molecule has 0 aliphatic heterocycles. The molecular formula is C35H38BrN3O4S. The highest BCUT2D eigenvalue weighted by molar-refractivity contribution is 9.10. The van der Waals surface area contributed by atoms with E-state index in [1.165, 1.54) is 4.90 Å². The van der Waals surface area contributed by atoms with Crippen LogP contribution in [0.1, 0.15) is 36.1 Å². The van der Waals surface area contributed by atoms with Crippen LogP contribution in [0.5, 0.6) is 0 Å². The predicted molar refractivity (Wildman–Crippen MR) is 179 cm³/mol. The lowest BCUT2D eigenvalue weighted by atomic mass is 10.0. The summed E-state index contributed by atoms with van der Waals surface area (Å²) in [5, 5.41) is 2.97. The van der Waals surface area contributed by atoms with Crippen molar-refractivity contribution in [2.45, 2.75) is 57.6 Å². The maximum atomic E-state index is 14.5. The molecule has 4 rings (SSSR count). The van der Waals surface area contributed by atoms with Gasteiger partial charge in [-0.1, -0.05) is 88.2 Å². The summed E-state index contributed by atoms with van der Waals surface area (Å²) in [6.07, 6.45) is 0.261. The highest BCUT2D eigenvalue weighted by Gasteiger charge is 2.34. The molecule has 9 heteroatoms. The minimum atomic E-state index is -4.14. The molecular weight excluding hydrogens is 638 g/mol. The van der Waals surface area contributed by atoms with Gasteiger partial charge in [0.25, 0.3) is 10.0 Å². The minimum absolute atomic E-state index is 0.0789. The number of anilines is 1. The van der Waals surface area contributed by atoms with Gasteiger partial charge in [0.05, 0.1) is 10.6 Å². The zero-order chi connectivity index (χ0) is 31.9. The molecule has 0 aliphatic rings. The molecule has 230 valence electrons. The number of sulfonamides is 1. The molecule has 0 heterocycles.